The standard InChI is InChI=1S/C14H18ClFN2O3S/c1-2-22(20,21)18-7-5-10(6-8-18)14(19)17-13-4-3-11(15)9-12(13)16/h3-4,9-10H,2,5-8H2,1H3,(H,17,19). The van der Waals surface area contributed by atoms with Gasteiger partial charge < -0.3 is 5.32 Å². The molecule has 1 aliphatic rings. The van der Waals surface area contributed by atoms with E-state index in [0.717, 1.165) is 6.07 Å². The maximum atomic E-state index is 13.7. The number of hydrogen-bond acceptors (Lipinski definition) is 3. The van der Waals surface area contributed by atoms with E-state index in [2.05, 4.69) is 5.32 Å². The van der Waals surface area contributed by atoms with Crippen LogP contribution in [-0.4, -0.2) is 37.5 Å². The third-order valence-corrected chi connectivity index (χ3v) is 5.89. The van der Waals surface area contributed by atoms with Crippen LogP contribution in [0.4, 0.5) is 10.1 Å². The number of nitrogens with zero attached hydrogens (tertiary/aromatic N) is 1. The lowest BCUT2D eigenvalue weighted by Crippen LogP contribution is -2.42. The number of anilines is 1. The average molecular weight is 349 g/mol. The summed E-state index contributed by atoms with van der Waals surface area (Å²) in [4.78, 5) is 12.2. The molecule has 8 heteroatoms. The molecule has 0 aromatic heterocycles. The highest BCUT2D eigenvalue weighted by atomic mass is 35.5. The molecule has 1 N–H and O–H groups in total. The lowest BCUT2D eigenvalue weighted by atomic mass is 9.97. The van der Waals surface area contributed by atoms with E-state index in [-0.39, 0.29) is 28.3 Å². The van der Waals surface area contributed by atoms with E-state index in [1.165, 1.54) is 16.4 Å². The molecule has 1 aromatic carbocycles. The third-order valence-electron chi connectivity index (χ3n) is 3.77. The van der Waals surface area contributed by atoms with Crippen molar-refractivity contribution in [2.75, 3.05) is 24.2 Å². The number of carbonyl (C=O) groups is 1. The zero-order chi connectivity index (χ0) is 16.3. The lowest BCUT2D eigenvalue weighted by molar-refractivity contribution is -0.120. The second-order valence-electron chi connectivity index (χ2n) is 5.19. The predicted octanol–water partition coefficient (Wildman–Crippen LogP) is 2.48. The minimum absolute atomic E-state index is 0.0554. The minimum Gasteiger partial charge on any atom is -0.323 e. The Labute approximate surface area is 134 Å². The first-order chi connectivity index (χ1) is 10.3. The molecule has 5 nitrogen and oxygen atoms in total. The predicted molar refractivity (Wildman–Crippen MR) is 83.8 cm³/mol. The molecule has 1 heterocycles. The van der Waals surface area contributed by atoms with Crippen molar-refractivity contribution in [2.45, 2.75) is 19.8 Å². The molecule has 1 fully saturated rings. The summed E-state index contributed by atoms with van der Waals surface area (Å²) < 4.78 is 38.6. The van der Waals surface area contributed by atoms with E-state index in [9.17, 15) is 17.6 Å². The van der Waals surface area contributed by atoms with Gasteiger partial charge in [-0.15, -0.1) is 0 Å². The molecule has 122 valence electrons. The Kier molecular flexibility index (Phi) is 5.41. The molecule has 0 unspecified atom stereocenters. The Morgan fingerprint density at radius 1 is 1.41 bits per heavy atom. The summed E-state index contributed by atoms with van der Waals surface area (Å²) in [5.41, 5.74) is 0.0815. The van der Waals surface area contributed by atoms with Gasteiger partial charge in [-0.2, -0.15) is 0 Å². The minimum atomic E-state index is -3.21. The van der Waals surface area contributed by atoms with E-state index in [4.69, 9.17) is 11.6 Å². The van der Waals surface area contributed by atoms with Gasteiger partial charge in [0.2, 0.25) is 15.9 Å². The molecule has 1 aliphatic heterocycles. The smallest absolute Gasteiger partial charge is 0.227 e. The number of nitrogens with one attached hydrogen (secondary N) is 1. The van der Waals surface area contributed by atoms with Crippen molar-refractivity contribution in [3.8, 4) is 0 Å². The molecule has 0 atom stereocenters. The van der Waals surface area contributed by atoms with Crippen LogP contribution in [0, 0.1) is 11.7 Å². The van der Waals surface area contributed by atoms with Crippen LogP contribution in [0.15, 0.2) is 18.2 Å². The van der Waals surface area contributed by atoms with Crippen molar-refractivity contribution in [1.82, 2.24) is 4.31 Å². The Bertz CT molecular complexity index is 658. The van der Waals surface area contributed by atoms with Crippen LogP contribution < -0.4 is 5.32 Å². The van der Waals surface area contributed by atoms with Gasteiger partial charge in [-0.1, -0.05) is 11.6 Å². The van der Waals surface area contributed by atoms with Gasteiger partial charge in [-0.25, -0.2) is 17.1 Å². The first kappa shape index (κ1) is 17.2. The van der Waals surface area contributed by atoms with Gasteiger partial charge in [-0.3, -0.25) is 4.79 Å². The molecular formula is C14H18ClFN2O3S. The van der Waals surface area contributed by atoms with Crippen LogP contribution in [0.2, 0.25) is 5.02 Å². The largest absolute Gasteiger partial charge is 0.323 e. The van der Waals surface area contributed by atoms with E-state index in [0.29, 0.717) is 25.9 Å². The van der Waals surface area contributed by atoms with E-state index >= 15 is 0 Å². The van der Waals surface area contributed by atoms with E-state index in [1.807, 2.05) is 0 Å². The van der Waals surface area contributed by atoms with Crippen molar-refractivity contribution >= 4 is 33.2 Å². The second kappa shape index (κ2) is 6.93. The van der Waals surface area contributed by atoms with Gasteiger partial charge in [0.05, 0.1) is 11.4 Å². The zero-order valence-corrected chi connectivity index (χ0v) is 13.8. The summed E-state index contributed by atoms with van der Waals surface area (Å²) in [7, 11) is -3.21. The van der Waals surface area contributed by atoms with Gasteiger partial charge in [-0.05, 0) is 38.0 Å². The van der Waals surface area contributed by atoms with Crippen LogP contribution in [0.3, 0.4) is 0 Å². The summed E-state index contributed by atoms with van der Waals surface area (Å²) in [6.07, 6.45) is 0.862. The van der Waals surface area contributed by atoms with Crippen LogP contribution in [0.1, 0.15) is 19.8 Å². The number of halogens is 2. The lowest BCUT2D eigenvalue weighted by Gasteiger charge is -2.30. The highest BCUT2D eigenvalue weighted by Gasteiger charge is 2.30. The number of benzene rings is 1. The fourth-order valence-corrected chi connectivity index (χ4v) is 3.70. The van der Waals surface area contributed by atoms with Crippen LogP contribution in [0.25, 0.3) is 0 Å². The number of carbonyl (C=O) groups excluding carboxylic acids is 1. The van der Waals surface area contributed by atoms with Gasteiger partial charge in [0.1, 0.15) is 5.82 Å². The monoisotopic (exact) mass is 348 g/mol. The normalized spacial score (nSPS) is 17.4. The van der Waals surface area contributed by atoms with Crippen LogP contribution in [-0.2, 0) is 14.8 Å². The number of piperidine rings is 1. The number of amides is 1. The molecule has 1 saturated heterocycles. The SMILES string of the molecule is CCS(=O)(=O)N1CCC(C(=O)Nc2ccc(Cl)cc2F)CC1. The molecule has 22 heavy (non-hydrogen) atoms. The maximum absolute atomic E-state index is 13.7. The fraction of sp³-hybridized carbons (Fsp3) is 0.500. The third kappa shape index (κ3) is 3.97. The van der Waals surface area contributed by atoms with Gasteiger partial charge >= 0.3 is 0 Å². The number of hydrogen-bond donors (Lipinski definition) is 1. The van der Waals surface area contributed by atoms with Gasteiger partial charge in [0.25, 0.3) is 0 Å². The Hall–Kier alpha value is -1.18. The highest BCUT2D eigenvalue weighted by Crippen LogP contribution is 2.23. The van der Waals surface area contributed by atoms with Gasteiger partial charge in [0, 0.05) is 24.0 Å². The van der Waals surface area contributed by atoms with Crippen molar-refractivity contribution < 1.29 is 17.6 Å². The Morgan fingerprint density at radius 2 is 2.05 bits per heavy atom. The topological polar surface area (TPSA) is 66.5 Å². The van der Waals surface area contributed by atoms with Crippen molar-refractivity contribution in [3.05, 3.63) is 29.0 Å². The summed E-state index contributed by atoms with van der Waals surface area (Å²) in [5.74, 6) is -1.15. The molecule has 1 aromatic rings. The molecule has 0 radical (unpaired) electrons. The summed E-state index contributed by atoms with van der Waals surface area (Å²) in [6.45, 7) is 2.23. The maximum Gasteiger partial charge on any atom is 0.227 e. The van der Waals surface area contributed by atoms with Gasteiger partial charge in [0.15, 0.2) is 0 Å². The fourth-order valence-electron chi connectivity index (χ4n) is 2.40. The average Bonchev–Trinajstić information content (AvgIpc) is 2.50. The zero-order valence-electron chi connectivity index (χ0n) is 12.2. The second-order valence-corrected chi connectivity index (χ2v) is 7.88. The molecule has 0 bridgehead atoms. The molecule has 0 aliphatic carbocycles. The first-order valence-corrected chi connectivity index (χ1v) is 9.06. The summed E-state index contributed by atoms with van der Waals surface area (Å²) in [6, 6.07) is 4.04. The number of sulfonamides is 1. The first-order valence-electron chi connectivity index (χ1n) is 7.07. The van der Waals surface area contributed by atoms with E-state index < -0.39 is 15.8 Å². The van der Waals surface area contributed by atoms with Crippen LogP contribution in [0.5, 0.6) is 0 Å². The summed E-state index contributed by atoms with van der Waals surface area (Å²) in [5, 5.41) is 2.79. The number of rotatable bonds is 4. The quantitative estimate of drug-likeness (QED) is 0.909. The molecular weight excluding hydrogens is 331 g/mol. The summed E-state index contributed by atoms with van der Waals surface area (Å²) >= 11 is 5.66. The van der Waals surface area contributed by atoms with E-state index in [1.54, 1.807) is 6.92 Å². The van der Waals surface area contributed by atoms with Crippen molar-refractivity contribution in [2.24, 2.45) is 5.92 Å². The Balaban J connectivity index is 1.95. The highest BCUT2D eigenvalue weighted by molar-refractivity contribution is 7.89. The molecule has 0 spiro atoms. The molecule has 0 saturated carbocycles. The molecule has 1 amide bonds. The van der Waals surface area contributed by atoms with Crippen molar-refractivity contribution in [3.63, 3.8) is 0 Å². The molecule has 2 rings (SSSR count). The van der Waals surface area contributed by atoms with Crippen molar-refractivity contribution in [1.29, 1.82) is 0 Å². The van der Waals surface area contributed by atoms with Crippen LogP contribution >= 0.6 is 11.6 Å². The Morgan fingerprint density at radius 3 is 2.59 bits per heavy atom.